The molecule has 1 aliphatic rings. The normalized spacial score (nSPS) is 16.4. The monoisotopic (exact) mass is 338 g/mol. The number of hydrogen-bond donors (Lipinski definition) is 2. The zero-order chi connectivity index (χ0) is 17.2. The van der Waals surface area contributed by atoms with Crippen molar-refractivity contribution in [3.8, 4) is 5.75 Å². The van der Waals surface area contributed by atoms with E-state index < -0.39 is 0 Å². The number of halogens is 1. The Hall–Kier alpha value is -2.82. The van der Waals surface area contributed by atoms with Crippen molar-refractivity contribution in [3.05, 3.63) is 65.6 Å². The number of carbonyl (C=O) groups excluding carboxylic acids is 1. The first-order valence-corrected chi connectivity index (χ1v) is 8.45. The van der Waals surface area contributed by atoms with E-state index in [-0.39, 0.29) is 24.4 Å². The number of aromatic amines is 1. The Bertz CT molecular complexity index is 905. The van der Waals surface area contributed by atoms with E-state index in [1.165, 1.54) is 17.7 Å². The number of ether oxygens (including phenoxy) is 1. The molecule has 2 aromatic carbocycles. The molecule has 4 nitrogen and oxygen atoms in total. The summed E-state index contributed by atoms with van der Waals surface area (Å²) < 4.78 is 18.9. The summed E-state index contributed by atoms with van der Waals surface area (Å²) in [7, 11) is 0. The van der Waals surface area contributed by atoms with E-state index in [1.54, 1.807) is 0 Å². The number of amides is 1. The van der Waals surface area contributed by atoms with Crippen molar-refractivity contribution in [2.75, 3.05) is 6.61 Å². The van der Waals surface area contributed by atoms with E-state index >= 15 is 0 Å². The zero-order valence-electron chi connectivity index (χ0n) is 13.7. The molecule has 1 atom stereocenters. The average molecular weight is 338 g/mol. The Kier molecular flexibility index (Phi) is 4.14. The van der Waals surface area contributed by atoms with Crippen molar-refractivity contribution < 1.29 is 13.9 Å². The largest absolute Gasteiger partial charge is 0.484 e. The third-order valence-corrected chi connectivity index (χ3v) is 4.63. The number of carbonyl (C=O) groups is 1. The van der Waals surface area contributed by atoms with Crippen LogP contribution in [0.3, 0.4) is 0 Å². The van der Waals surface area contributed by atoms with Gasteiger partial charge in [-0.05, 0) is 55.2 Å². The lowest BCUT2D eigenvalue weighted by Gasteiger charge is -2.23. The Morgan fingerprint density at radius 2 is 2.08 bits per heavy atom. The molecule has 1 aliphatic carbocycles. The number of benzene rings is 2. The molecule has 1 amide bonds. The van der Waals surface area contributed by atoms with Gasteiger partial charge in [0.2, 0.25) is 0 Å². The van der Waals surface area contributed by atoms with Crippen molar-refractivity contribution in [1.29, 1.82) is 0 Å². The SMILES string of the molecule is O=C(COc1ccccc1)NC1CCc2[nH]c3cc(F)ccc3c2C1. The van der Waals surface area contributed by atoms with E-state index in [4.69, 9.17) is 4.74 Å². The molecule has 0 bridgehead atoms. The van der Waals surface area contributed by atoms with Crippen LogP contribution in [0, 0.1) is 5.82 Å². The van der Waals surface area contributed by atoms with Crippen LogP contribution in [-0.4, -0.2) is 23.5 Å². The van der Waals surface area contributed by atoms with E-state index in [9.17, 15) is 9.18 Å². The fraction of sp³-hybridized carbons (Fsp3) is 0.250. The topological polar surface area (TPSA) is 54.1 Å². The lowest BCUT2D eigenvalue weighted by molar-refractivity contribution is -0.123. The van der Waals surface area contributed by atoms with Gasteiger partial charge in [-0.3, -0.25) is 4.79 Å². The third kappa shape index (κ3) is 3.36. The van der Waals surface area contributed by atoms with Gasteiger partial charge in [0.1, 0.15) is 11.6 Å². The molecule has 3 aromatic rings. The highest BCUT2D eigenvalue weighted by molar-refractivity contribution is 5.85. The zero-order valence-corrected chi connectivity index (χ0v) is 13.7. The summed E-state index contributed by atoms with van der Waals surface area (Å²) in [6, 6.07) is 14.2. The summed E-state index contributed by atoms with van der Waals surface area (Å²) in [5, 5.41) is 4.08. The Morgan fingerprint density at radius 1 is 1.24 bits per heavy atom. The maximum atomic E-state index is 13.4. The second-order valence-corrected chi connectivity index (χ2v) is 6.38. The predicted molar refractivity (Wildman–Crippen MR) is 94.1 cm³/mol. The van der Waals surface area contributed by atoms with Gasteiger partial charge in [-0.25, -0.2) is 4.39 Å². The van der Waals surface area contributed by atoms with Gasteiger partial charge in [0.15, 0.2) is 6.61 Å². The molecule has 0 radical (unpaired) electrons. The van der Waals surface area contributed by atoms with Crippen LogP contribution in [0.4, 0.5) is 4.39 Å². The molecule has 0 fully saturated rings. The van der Waals surface area contributed by atoms with Crippen LogP contribution >= 0.6 is 0 Å². The number of hydrogen-bond acceptors (Lipinski definition) is 2. The Balaban J connectivity index is 1.40. The van der Waals surface area contributed by atoms with Gasteiger partial charge in [-0.2, -0.15) is 0 Å². The van der Waals surface area contributed by atoms with Gasteiger partial charge < -0.3 is 15.0 Å². The minimum atomic E-state index is -0.242. The molecule has 0 aliphatic heterocycles. The number of aryl methyl sites for hydroxylation is 1. The number of aromatic nitrogens is 1. The van der Waals surface area contributed by atoms with Crippen LogP contribution in [0.5, 0.6) is 5.75 Å². The minimum absolute atomic E-state index is 0.00641. The molecule has 5 heteroatoms. The second kappa shape index (κ2) is 6.59. The molecule has 1 heterocycles. The summed E-state index contributed by atoms with van der Waals surface area (Å²) in [6.07, 6.45) is 2.45. The lowest BCUT2D eigenvalue weighted by atomic mass is 9.91. The molecular weight excluding hydrogens is 319 g/mol. The first-order valence-electron chi connectivity index (χ1n) is 8.45. The standard InChI is InChI=1S/C20H19FN2O2/c21-13-6-8-16-17-11-14(7-9-18(17)23-19(16)10-13)22-20(24)12-25-15-4-2-1-3-5-15/h1-6,8,10,14,23H,7,9,11-12H2,(H,22,24). The number of H-pyrrole nitrogens is 1. The van der Waals surface area contributed by atoms with Crippen LogP contribution in [0.2, 0.25) is 0 Å². The van der Waals surface area contributed by atoms with Crippen molar-refractivity contribution >= 4 is 16.8 Å². The van der Waals surface area contributed by atoms with Crippen LogP contribution in [-0.2, 0) is 17.6 Å². The van der Waals surface area contributed by atoms with E-state index in [0.717, 1.165) is 35.9 Å². The number of nitrogens with one attached hydrogen (secondary N) is 2. The average Bonchev–Trinajstić information content (AvgIpc) is 2.97. The molecular formula is C20H19FN2O2. The van der Waals surface area contributed by atoms with Crippen LogP contribution in [0.25, 0.3) is 10.9 Å². The van der Waals surface area contributed by atoms with Gasteiger partial charge in [-0.15, -0.1) is 0 Å². The van der Waals surface area contributed by atoms with Crippen molar-refractivity contribution in [3.63, 3.8) is 0 Å². The maximum Gasteiger partial charge on any atom is 0.258 e. The molecule has 0 saturated heterocycles. The Morgan fingerprint density at radius 3 is 2.92 bits per heavy atom. The maximum absolute atomic E-state index is 13.4. The Labute approximate surface area is 145 Å². The summed E-state index contributed by atoms with van der Waals surface area (Å²) in [6.45, 7) is 0.00641. The fourth-order valence-electron chi connectivity index (χ4n) is 3.46. The highest BCUT2D eigenvalue weighted by Crippen LogP contribution is 2.29. The first-order chi connectivity index (χ1) is 12.2. The van der Waals surface area contributed by atoms with Gasteiger partial charge in [0.05, 0.1) is 0 Å². The quantitative estimate of drug-likeness (QED) is 0.766. The predicted octanol–water partition coefficient (Wildman–Crippen LogP) is 3.36. The molecule has 1 unspecified atom stereocenters. The number of para-hydroxylation sites is 1. The molecule has 4 rings (SSSR count). The van der Waals surface area contributed by atoms with Crippen LogP contribution < -0.4 is 10.1 Å². The first kappa shape index (κ1) is 15.7. The van der Waals surface area contributed by atoms with Crippen LogP contribution in [0.1, 0.15) is 17.7 Å². The van der Waals surface area contributed by atoms with Gasteiger partial charge in [0, 0.05) is 22.6 Å². The van der Waals surface area contributed by atoms with E-state index in [0.29, 0.717) is 5.75 Å². The highest BCUT2D eigenvalue weighted by Gasteiger charge is 2.23. The van der Waals surface area contributed by atoms with E-state index in [2.05, 4.69) is 10.3 Å². The summed E-state index contributed by atoms with van der Waals surface area (Å²) in [5.74, 6) is 0.319. The van der Waals surface area contributed by atoms with Crippen molar-refractivity contribution in [2.45, 2.75) is 25.3 Å². The van der Waals surface area contributed by atoms with Crippen LogP contribution in [0.15, 0.2) is 48.5 Å². The van der Waals surface area contributed by atoms with Crippen molar-refractivity contribution in [1.82, 2.24) is 10.3 Å². The number of rotatable bonds is 4. The molecule has 128 valence electrons. The third-order valence-electron chi connectivity index (χ3n) is 4.63. The minimum Gasteiger partial charge on any atom is -0.484 e. The lowest BCUT2D eigenvalue weighted by Crippen LogP contribution is -2.41. The van der Waals surface area contributed by atoms with Gasteiger partial charge >= 0.3 is 0 Å². The molecule has 0 spiro atoms. The van der Waals surface area contributed by atoms with E-state index in [1.807, 2.05) is 36.4 Å². The summed E-state index contributed by atoms with van der Waals surface area (Å²) in [4.78, 5) is 15.4. The highest BCUT2D eigenvalue weighted by atomic mass is 19.1. The van der Waals surface area contributed by atoms with Gasteiger partial charge in [-0.1, -0.05) is 18.2 Å². The van der Waals surface area contributed by atoms with Gasteiger partial charge in [0.25, 0.3) is 5.91 Å². The molecule has 2 N–H and O–H groups in total. The van der Waals surface area contributed by atoms with Crippen molar-refractivity contribution in [2.24, 2.45) is 0 Å². The summed E-state index contributed by atoms with van der Waals surface area (Å²) in [5.41, 5.74) is 3.14. The fourth-order valence-corrected chi connectivity index (χ4v) is 3.46. The second-order valence-electron chi connectivity index (χ2n) is 6.38. The molecule has 25 heavy (non-hydrogen) atoms. The molecule has 1 aromatic heterocycles. The number of fused-ring (bicyclic) bond motifs is 3. The smallest absolute Gasteiger partial charge is 0.258 e. The summed E-state index contributed by atoms with van der Waals surface area (Å²) >= 11 is 0. The molecule has 0 saturated carbocycles.